The highest BCUT2D eigenvalue weighted by Crippen LogP contribution is 2.23. The molecule has 0 atom stereocenters. The van der Waals surface area contributed by atoms with Crippen LogP contribution in [0.3, 0.4) is 0 Å². The van der Waals surface area contributed by atoms with Crippen molar-refractivity contribution in [2.45, 2.75) is 20.5 Å². The molecule has 0 saturated heterocycles. The lowest BCUT2D eigenvalue weighted by molar-refractivity contribution is -0.124. The highest BCUT2D eigenvalue weighted by atomic mass is 16.5. The number of amides is 2. The minimum absolute atomic E-state index is 0.0645. The molecule has 9 nitrogen and oxygen atoms in total. The summed E-state index contributed by atoms with van der Waals surface area (Å²) in [7, 11) is 0. The van der Waals surface area contributed by atoms with E-state index >= 15 is 0 Å². The molecule has 0 aliphatic rings. The minimum Gasteiger partial charge on any atom is -0.471 e. The van der Waals surface area contributed by atoms with Crippen molar-refractivity contribution >= 4 is 28.9 Å². The fraction of sp³-hybridized carbons (Fsp3) is 0.188. The number of H-pyrrole nitrogens is 2. The number of anilines is 1. The van der Waals surface area contributed by atoms with Crippen molar-refractivity contribution in [1.82, 2.24) is 19.9 Å². The Morgan fingerprint density at radius 3 is 2.40 bits per heavy atom. The van der Waals surface area contributed by atoms with E-state index in [9.17, 15) is 14.4 Å². The van der Waals surface area contributed by atoms with Crippen LogP contribution in [0.25, 0.3) is 11.2 Å². The summed E-state index contributed by atoms with van der Waals surface area (Å²) in [5.74, 6) is -1.18. The van der Waals surface area contributed by atoms with E-state index in [4.69, 9.17) is 4.74 Å². The molecule has 2 aromatic heterocycles. The lowest BCUT2D eigenvalue weighted by atomic mass is 10.2. The van der Waals surface area contributed by atoms with Crippen LogP contribution in [0.5, 0.6) is 5.88 Å². The molecule has 2 heterocycles. The van der Waals surface area contributed by atoms with E-state index in [1.54, 1.807) is 0 Å². The number of fused-ring (bicyclic) bond motifs is 1. The lowest BCUT2D eigenvalue weighted by Gasteiger charge is -2.15. The Bertz CT molecular complexity index is 979. The average molecular weight is 341 g/mol. The number of nitrogens with zero attached hydrogens (tertiary/aromatic N) is 3. The third-order valence-electron chi connectivity index (χ3n) is 3.38. The molecule has 2 amide bonds. The van der Waals surface area contributed by atoms with Crippen molar-refractivity contribution in [3.63, 3.8) is 0 Å². The summed E-state index contributed by atoms with van der Waals surface area (Å²) in [4.78, 5) is 49.0. The Morgan fingerprint density at radius 2 is 1.76 bits per heavy atom. The number of aromatic nitrogens is 4. The van der Waals surface area contributed by atoms with Crippen LogP contribution in [0.15, 0.2) is 35.1 Å². The normalized spacial score (nSPS) is 10.6. The summed E-state index contributed by atoms with van der Waals surface area (Å²) >= 11 is 0. The van der Waals surface area contributed by atoms with E-state index in [0.717, 1.165) is 10.5 Å². The molecule has 0 radical (unpaired) electrons. The van der Waals surface area contributed by atoms with Gasteiger partial charge in [-0.25, -0.2) is 9.69 Å². The number of carbonyl (C=O) groups excluding carboxylic acids is 2. The Labute approximate surface area is 141 Å². The van der Waals surface area contributed by atoms with Crippen molar-refractivity contribution in [2.24, 2.45) is 0 Å². The first kappa shape index (κ1) is 16.4. The van der Waals surface area contributed by atoms with Crippen LogP contribution >= 0.6 is 0 Å². The molecule has 9 heteroatoms. The van der Waals surface area contributed by atoms with Crippen LogP contribution in [0.1, 0.15) is 19.4 Å². The monoisotopic (exact) mass is 341 g/mol. The third-order valence-corrected chi connectivity index (χ3v) is 3.38. The number of imidazole rings is 1. The molecule has 1 aromatic carbocycles. The minimum atomic E-state index is -0.543. The molecule has 3 rings (SSSR count). The Balaban J connectivity index is 2.04. The fourth-order valence-electron chi connectivity index (χ4n) is 2.32. The number of benzene rings is 1. The van der Waals surface area contributed by atoms with Crippen LogP contribution in [0, 0.1) is 0 Å². The summed E-state index contributed by atoms with van der Waals surface area (Å²) in [5, 5.41) is 0. The van der Waals surface area contributed by atoms with Crippen LogP contribution in [-0.4, -0.2) is 31.8 Å². The highest BCUT2D eigenvalue weighted by molar-refractivity contribution is 6.12. The molecule has 0 spiro atoms. The molecular weight excluding hydrogens is 326 g/mol. The molecular formula is C16H15N5O4. The number of hydrogen-bond acceptors (Lipinski definition) is 6. The largest absolute Gasteiger partial charge is 0.471 e. The molecule has 2 N–H and O–H groups in total. The van der Waals surface area contributed by atoms with Gasteiger partial charge in [-0.05, 0) is 5.56 Å². The molecule has 0 fully saturated rings. The van der Waals surface area contributed by atoms with Crippen LogP contribution in [-0.2, 0) is 16.2 Å². The molecule has 0 aliphatic heterocycles. The van der Waals surface area contributed by atoms with Crippen molar-refractivity contribution < 1.29 is 14.3 Å². The predicted octanol–water partition coefficient (Wildman–Crippen LogP) is 1.12. The number of aromatic amines is 2. The average Bonchev–Trinajstić information content (AvgIpc) is 2.93. The number of nitrogens with one attached hydrogen (secondary N) is 2. The van der Waals surface area contributed by atoms with Gasteiger partial charge in [0.15, 0.2) is 5.65 Å². The van der Waals surface area contributed by atoms with E-state index in [-0.39, 0.29) is 29.6 Å². The summed E-state index contributed by atoms with van der Waals surface area (Å²) in [6, 6.07) is 9.36. The quantitative estimate of drug-likeness (QED) is 0.733. The van der Waals surface area contributed by atoms with Gasteiger partial charge in [0, 0.05) is 13.8 Å². The van der Waals surface area contributed by atoms with Gasteiger partial charge < -0.3 is 4.74 Å². The van der Waals surface area contributed by atoms with E-state index in [1.165, 1.54) is 13.8 Å². The van der Waals surface area contributed by atoms with Gasteiger partial charge in [-0.15, -0.1) is 0 Å². The second kappa shape index (κ2) is 6.56. The maximum atomic E-state index is 11.7. The molecule has 0 bridgehead atoms. The van der Waals surface area contributed by atoms with Crippen molar-refractivity contribution in [1.29, 1.82) is 0 Å². The van der Waals surface area contributed by atoms with Crippen LogP contribution < -0.4 is 15.3 Å². The maximum Gasteiger partial charge on any atom is 0.325 e. The van der Waals surface area contributed by atoms with Gasteiger partial charge in [0.05, 0.1) is 0 Å². The summed E-state index contributed by atoms with van der Waals surface area (Å²) in [6.45, 7) is 2.64. The first-order valence-electron chi connectivity index (χ1n) is 7.43. The van der Waals surface area contributed by atoms with E-state index in [1.807, 2.05) is 30.3 Å². The predicted molar refractivity (Wildman–Crippen MR) is 89.1 cm³/mol. The SMILES string of the molecule is CC(=O)N(C(C)=O)c1nc(OCc2ccccc2)c2[nH]c(=O)[nH]c2n1. The van der Waals surface area contributed by atoms with E-state index < -0.39 is 17.5 Å². The fourth-order valence-corrected chi connectivity index (χ4v) is 2.32. The van der Waals surface area contributed by atoms with Crippen molar-refractivity contribution in [2.75, 3.05) is 4.90 Å². The number of carbonyl (C=O) groups is 2. The second-order valence-corrected chi connectivity index (χ2v) is 5.28. The smallest absolute Gasteiger partial charge is 0.325 e. The van der Waals surface area contributed by atoms with Gasteiger partial charge in [-0.1, -0.05) is 30.3 Å². The van der Waals surface area contributed by atoms with Crippen molar-refractivity contribution in [3.8, 4) is 5.88 Å². The number of imide groups is 1. The van der Waals surface area contributed by atoms with Gasteiger partial charge in [-0.3, -0.25) is 19.6 Å². The Morgan fingerprint density at radius 1 is 1.08 bits per heavy atom. The molecule has 3 aromatic rings. The summed E-state index contributed by atoms with van der Waals surface area (Å²) in [5.41, 5.74) is 0.800. The first-order chi connectivity index (χ1) is 12.0. The first-order valence-corrected chi connectivity index (χ1v) is 7.43. The topological polar surface area (TPSA) is 121 Å². The lowest BCUT2D eigenvalue weighted by Crippen LogP contribution is -2.34. The highest BCUT2D eigenvalue weighted by Gasteiger charge is 2.22. The van der Waals surface area contributed by atoms with E-state index in [2.05, 4.69) is 19.9 Å². The van der Waals surface area contributed by atoms with Crippen LogP contribution in [0.2, 0.25) is 0 Å². The third kappa shape index (κ3) is 3.39. The summed E-state index contributed by atoms with van der Waals surface area (Å²) in [6.07, 6.45) is 0. The molecule has 0 unspecified atom stereocenters. The zero-order valence-corrected chi connectivity index (χ0v) is 13.6. The maximum absolute atomic E-state index is 11.7. The zero-order valence-electron chi connectivity index (χ0n) is 13.6. The van der Waals surface area contributed by atoms with Crippen molar-refractivity contribution in [3.05, 3.63) is 46.4 Å². The zero-order chi connectivity index (χ0) is 18.0. The van der Waals surface area contributed by atoms with E-state index in [0.29, 0.717) is 0 Å². The van der Waals surface area contributed by atoms with Gasteiger partial charge >= 0.3 is 5.69 Å². The number of ether oxygens (including phenoxy) is 1. The van der Waals surface area contributed by atoms with Gasteiger partial charge in [0.25, 0.3) is 0 Å². The molecule has 25 heavy (non-hydrogen) atoms. The van der Waals surface area contributed by atoms with Crippen LogP contribution in [0.4, 0.5) is 5.95 Å². The van der Waals surface area contributed by atoms with Gasteiger partial charge in [-0.2, -0.15) is 9.97 Å². The number of rotatable bonds is 4. The Hall–Kier alpha value is -3.49. The number of hydrogen-bond donors (Lipinski definition) is 2. The summed E-state index contributed by atoms with van der Waals surface area (Å²) < 4.78 is 5.68. The molecule has 128 valence electrons. The van der Waals surface area contributed by atoms with Gasteiger partial charge in [0.2, 0.25) is 23.6 Å². The standard InChI is InChI=1S/C16H15N5O4/c1-9(22)21(10(2)23)15-18-13-12(17-16(24)19-13)14(20-15)25-8-11-6-4-3-5-7-11/h3-7H,8H2,1-2H3,(H2,17,18,19,20,24). The van der Waals surface area contributed by atoms with Gasteiger partial charge in [0.1, 0.15) is 12.1 Å². The Kier molecular flexibility index (Phi) is 4.29. The molecule has 0 aliphatic carbocycles. The molecule has 0 saturated carbocycles. The second-order valence-electron chi connectivity index (χ2n) is 5.28.